The number of ether oxygens (including phenoxy) is 3. The predicted octanol–water partition coefficient (Wildman–Crippen LogP) is 2.92. The van der Waals surface area contributed by atoms with E-state index in [1.165, 1.54) is 32.2 Å². The maximum Gasteiger partial charge on any atom is 0.460 e. The lowest BCUT2D eigenvalue weighted by atomic mass is 9.52. The van der Waals surface area contributed by atoms with Gasteiger partial charge in [-0.15, -0.1) is 0 Å². The van der Waals surface area contributed by atoms with Gasteiger partial charge in [0.2, 0.25) is 0 Å². The van der Waals surface area contributed by atoms with Crippen LogP contribution in [0.3, 0.4) is 0 Å². The fraction of sp³-hybridized carbons (Fsp3) is 0.688. The molecule has 1 aromatic rings. The van der Waals surface area contributed by atoms with E-state index in [9.17, 15) is 69.5 Å². The van der Waals surface area contributed by atoms with Crippen molar-refractivity contribution in [2.75, 3.05) is 7.11 Å². The van der Waals surface area contributed by atoms with Gasteiger partial charge in [0.15, 0.2) is 17.9 Å². The van der Waals surface area contributed by atoms with Gasteiger partial charge in [-0.3, -0.25) is 9.59 Å². The average Bonchev–Trinajstić information content (AvgIpc) is 3.06. The molecule has 1 heterocycles. The lowest BCUT2D eigenvalue weighted by Crippen LogP contribution is -2.66. The number of carbonyl (C=O) groups is 2. The van der Waals surface area contributed by atoms with Crippen molar-refractivity contribution >= 4 is 23.5 Å². The molecule has 3 aliphatic carbocycles. The molecule has 4 aliphatic rings. The molecule has 1 aliphatic heterocycles. The van der Waals surface area contributed by atoms with E-state index in [0.717, 1.165) is 6.92 Å². The molecular weight excluding hydrogens is 741 g/mol. The van der Waals surface area contributed by atoms with Crippen LogP contribution in [0, 0.1) is 23.7 Å². The minimum Gasteiger partial charge on any atom is -0.496 e. The fourth-order valence-corrected chi connectivity index (χ4v) is 7.80. The summed E-state index contributed by atoms with van der Waals surface area (Å²) in [5, 5.41) is 51.5. The molecule has 12 nitrogen and oxygen atoms in total. The maximum absolute atomic E-state index is 14.1. The second-order valence-corrected chi connectivity index (χ2v) is 13.9. The van der Waals surface area contributed by atoms with Crippen LogP contribution in [-0.2, 0) is 9.47 Å². The Kier molecular flexibility index (Phi) is 10.7. The molecule has 0 bridgehead atoms. The molecule has 5 rings (SSSR count). The summed E-state index contributed by atoms with van der Waals surface area (Å²) in [5.74, 6) is -27.7. The van der Waals surface area contributed by atoms with Crippen molar-refractivity contribution in [3.63, 3.8) is 0 Å². The highest BCUT2D eigenvalue weighted by molar-refractivity contribution is 6.18. The normalized spacial score (nSPS) is 37.3. The summed E-state index contributed by atoms with van der Waals surface area (Å²) in [6.07, 6.45) is -18.2. The summed E-state index contributed by atoms with van der Waals surface area (Å²) in [7, 11) is 1.25. The van der Waals surface area contributed by atoms with Gasteiger partial charge in [-0.05, 0) is 32.3 Å². The van der Waals surface area contributed by atoms with Gasteiger partial charge in [0.25, 0.3) is 0 Å². The summed E-state index contributed by atoms with van der Waals surface area (Å²) < 4.78 is 137. The molecule has 3 fully saturated rings. The Hall–Kier alpha value is -3.21. The number of aliphatic hydroxyl groups is 4. The van der Waals surface area contributed by atoms with Crippen LogP contribution in [0.1, 0.15) is 53.8 Å². The number of rotatable bonds is 8. The van der Waals surface area contributed by atoms with Gasteiger partial charge in [-0.25, -0.2) is 0 Å². The molecule has 53 heavy (non-hydrogen) atoms. The van der Waals surface area contributed by atoms with Gasteiger partial charge < -0.3 is 40.4 Å². The zero-order chi connectivity index (χ0) is 39.8. The Morgan fingerprint density at radius 3 is 2.17 bits per heavy atom. The van der Waals surface area contributed by atoms with Crippen molar-refractivity contribution in [2.45, 2.75) is 106 Å². The van der Waals surface area contributed by atoms with Crippen molar-refractivity contribution < 1.29 is 83.7 Å². The zero-order valence-corrected chi connectivity index (χ0v) is 28.0. The van der Waals surface area contributed by atoms with E-state index >= 15 is 0 Å². The molecule has 2 saturated carbocycles. The lowest BCUT2D eigenvalue weighted by Gasteiger charge is -2.56. The van der Waals surface area contributed by atoms with Crippen molar-refractivity contribution in [1.82, 2.24) is 0 Å². The molecule has 296 valence electrons. The minimum atomic E-state index is -7.19. The van der Waals surface area contributed by atoms with E-state index in [0.29, 0.717) is 0 Å². The Morgan fingerprint density at radius 1 is 0.962 bits per heavy atom. The average molecular weight is 778 g/mol. The summed E-state index contributed by atoms with van der Waals surface area (Å²) in [5.41, 5.74) is 2.59. The van der Waals surface area contributed by atoms with Crippen LogP contribution < -0.4 is 10.5 Å². The number of nitrogens with two attached hydrogens (primary N) is 1. The number of aliphatic hydroxyl groups excluding tert-OH is 3. The largest absolute Gasteiger partial charge is 0.496 e. The Bertz CT molecular complexity index is 1650. The van der Waals surface area contributed by atoms with Crippen molar-refractivity contribution in [3.05, 3.63) is 29.3 Å². The second-order valence-electron chi connectivity index (χ2n) is 13.9. The number of hydrogen-bond acceptors (Lipinski definition) is 12. The van der Waals surface area contributed by atoms with Crippen molar-refractivity contribution in [1.29, 1.82) is 0 Å². The highest BCUT2D eigenvalue weighted by atomic mass is 19.4. The van der Waals surface area contributed by atoms with E-state index in [-0.39, 0.29) is 23.3 Å². The first kappa shape index (κ1) is 41.0. The van der Waals surface area contributed by atoms with E-state index in [2.05, 4.69) is 10.2 Å². The number of fused-ring (bicyclic) bond motifs is 3. The summed E-state index contributed by atoms with van der Waals surface area (Å²) >= 11 is 0. The smallest absolute Gasteiger partial charge is 0.460 e. The van der Waals surface area contributed by atoms with Crippen LogP contribution in [0.25, 0.3) is 0 Å². The van der Waals surface area contributed by atoms with Gasteiger partial charge in [-0.1, -0.05) is 12.1 Å². The first-order valence-electron chi connectivity index (χ1n) is 16.2. The van der Waals surface area contributed by atoms with E-state index in [1.807, 2.05) is 0 Å². The molecule has 1 saturated heterocycles. The number of methoxy groups -OCH3 is 1. The molecular formula is C32H36F9N3O9. The third-order valence-electron chi connectivity index (χ3n) is 10.7. The third kappa shape index (κ3) is 6.64. The number of benzene rings is 1. The molecule has 1 aromatic carbocycles. The van der Waals surface area contributed by atoms with Gasteiger partial charge in [0, 0.05) is 30.4 Å². The molecule has 21 heteroatoms. The van der Waals surface area contributed by atoms with Crippen molar-refractivity contribution in [3.8, 4) is 5.75 Å². The highest BCUT2D eigenvalue weighted by Gasteiger charge is 2.81. The standard InChI is InChI=1S/C32H36F9N3O9/c1-11-23(45)15(42)7-18(52-11)53-17-9-28(50,12(2)44-43-10-29(33,34)30(35,36)31(37,38)32(39,40)41)8-14-20(17)27(49)22-21(25(14)47)24(46)13-5-4-6-16(51-3)19(13)26(22)48/h4-6,10-11,14-15,17-18,20-23,25,27,45,47,49-50H,7-9,42H2,1-3H3/b43-10-,44-12-/t11-,14-,15-,17+,18+,20-,21-,22+,23+,25-,27+,28-/m0/s1. The van der Waals surface area contributed by atoms with Crippen LogP contribution in [0.15, 0.2) is 28.4 Å². The van der Waals surface area contributed by atoms with Crippen LogP contribution in [0.5, 0.6) is 5.75 Å². The Morgan fingerprint density at radius 2 is 1.58 bits per heavy atom. The SMILES string of the molecule is COc1cccc2c1C(=O)[C@@H]1[C@H](O)[C@H]3[C@H](C[C@@](O)(/C(C)=N\N=C/C(F)(F)C(F)(F)C(F)(F)C(F)(F)F)C[C@H]3O[C@@H]3C[C@H](N)[C@H](O)[C@H](C)O3)[C@H](O)[C@@H]1C2=O. The highest BCUT2D eigenvalue weighted by Crippen LogP contribution is 2.55. The fourth-order valence-electron chi connectivity index (χ4n) is 7.80. The van der Waals surface area contributed by atoms with Crippen LogP contribution in [-0.4, -0.2) is 123 Å². The lowest BCUT2D eigenvalue weighted by molar-refractivity contribution is -0.384. The Labute approximate surface area is 294 Å². The van der Waals surface area contributed by atoms with Crippen LogP contribution in [0.2, 0.25) is 0 Å². The van der Waals surface area contributed by atoms with Gasteiger partial charge in [0.05, 0.1) is 60.7 Å². The molecule has 0 radical (unpaired) electrons. The van der Waals surface area contributed by atoms with Crippen molar-refractivity contribution in [2.24, 2.45) is 39.6 Å². The van der Waals surface area contributed by atoms with Crippen LogP contribution >= 0.6 is 0 Å². The van der Waals surface area contributed by atoms with Gasteiger partial charge >= 0.3 is 23.9 Å². The summed E-state index contributed by atoms with van der Waals surface area (Å²) in [6.45, 7) is 2.37. The predicted molar refractivity (Wildman–Crippen MR) is 162 cm³/mol. The number of ketones is 2. The number of hydrogen-bond donors (Lipinski definition) is 5. The second kappa shape index (κ2) is 13.8. The topological polar surface area (TPSA) is 193 Å². The number of carbonyl (C=O) groups excluding carboxylic acids is 2. The quantitative estimate of drug-likeness (QED) is 0.149. The Balaban J connectivity index is 1.53. The van der Waals surface area contributed by atoms with E-state index in [4.69, 9.17) is 19.9 Å². The maximum atomic E-state index is 14.1. The minimum absolute atomic E-state index is 0.0175. The molecule has 6 N–H and O–H groups in total. The zero-order valence-electron chi connectivity index (χ0n) is 28.0. The first-order valence-corrected chi connectivity index (χ1v) is 16.2. The molecule has 0 unspecified atom stereocenters. The number of nitrogens with zero attached hydrogens (tertiary/aromatic N) is 2. The van der Waals surface area contributed by atoms with Gasteiger partial charge in [-0.2, -0.15) is 49.7 Å². The summed E-state index contributed by atoms with van der Waals surface area (Å²) in [6, 6.07) is 3.23. The third-order valence-corrected chi connectivity index (χ3v) is 10.7. The molecule has 0 amide bonds. The summed E-state index contributed by atoms with van der Waals surface area (Å²) in [4.78, 5) is 27.7. The number of alkyl halides is 9. The number of halogens is 9. The molecule has 0 aromatic heterocycles. The van der Waals surface area contributed by atoms with E-state index < -0.39 is 132 Å². The first-order chi connectivity index (χ1) is 24.3. The van der Waals surface area contributed by atoms with E-state index in [1.54, 1.807) is 0 Å². The monoisotopic (exact) mass is 777 g/mol. The molecule has 12 atom stereocenters. The van der Waals surface area contributed by atoms with Crippen LogP contribution in [0.4, 0.5) is 39.5 Å². The molecule has 0 spiro atoms. The van der Waals surface area contributed by atoms with Gasteiger partial charge in [0.1, 0.15) is 17.6 Å². The number of Topliss-reactive ketones (excluding diaryl/α,β-unsaturated/α-hetero) is 2.